The molecule has 0 aliphatic heterocycles. The highest BCUT2D eigenvalue weighted by Gasteiger charge is 2.38. The summed E-state index contributed by atoms with van der Waals surface area (Å²) >= 11 is 3.50. The normalized spacial score (nSPS) is 20.1. The molecular formula is C32H36BrFN2O3. The van der Waals surface area contributed by atoms with E-state index < -0.39 is 17.7 Å². The highest BCUT2D eigenvalue weighted by molar-refractivity contribution is 9.10. The minimum absolute atomic E-state index is 0.0615. The molecule has 1 aliphatic carbocycles. The van der Waals surface area contributed by atoms with E-state index in [-0.39, 0.29) is 29.6 Å². The van der Waals surface area contributed by atoms with E-state index in [9.17, 15) is 14.0 Å². The van der Waals surface area contributed by atoms with Crippen LogP contribution in [0.5, 0.6) is 0 Å². The maximum Gasteiger partial charge on any atom is 0.407 e. The standard InChI is InChI=1S/C32H36BrFN2O3/c1-20-5-7-22(8-6-20)29(23-11-15-25(34)16-12-23)36-30(37)27-18-17-26(35-31(38)39-32(2,3)4)19-28(27)21-9-13-24(33)14-10-21/h5-16,26-29H,17-19H2,1-4H3,(H,35,38)(H,36,37)/t26-,27-,28+,29?/m1/s1. The van der Waals surface area contributed by atoms with Crippen LogP contribution in [0.4, 0.5) is 9.18 Å². The molecule has 1 saturated carbocycles. The highest BCUT2D eigenvalue weighted by Crippen LogP contribution is 2.39. The second kappa shape index (κ2) is 12.3. The van der Waals surface area contributed by atoms with Gasteiger partial charge in [-0.25, -0.2) is 9.18 Å². The van der Waals surface area contributed by atoms with Crippen molar-refractivity contribution in [2.45, 2.75) is 70.6 Å². The van der Waals surface area contributed by atoms with Crippen molar-refractivity contribution in [1.82, 2.24) is 10.6 Å². The Labute approximate surface area is 238 Å². The molecule has 39 heavy (non-hydrogen) atoms. The van der Waals surface area contributed by atoms with Gasteiger partial charge >= 0.3 is 6.09 Å². The van der Waals surface area contributed by atoms with Crippen molar-refractivity contribution < 1.29 is 18.7 Å². The fraction of sp³-hybridized carbons (Fsp3) is 0.375. The van der Waals surface area contributed by atoms with Gasteiger partial charge in [0.15, 0.2) is 0 Å². The Bertz CT molecular complexity index is 1230. The predicted octanol–water partition coefficient (Wildman–Crippen LogP) is 7.58. The molecule has 7 heteroatoms. The Morgan fingerprint density at radius 1 is 0.923 bits per heavy atom. The van der Waals surface area contributed by atoms with Gasteiger partial charge in [-0.3, -0.25) is 4.79 Å². The van der Waals surface area contributed by atoms with Gasteiger partial charge in [0.25, 0.3) is 0 Å². The van der Waals surface area contributed by atoms with Gasteiger partial charge in [-0.05, 0) is 93.8 Å². The summed E-state index contributed by atoms with van der Waals surface area (Å²) in [7, 11) is 0. The fourth-order valence-electron chi connectivity index (χ4n) is 5.19. The zero-order valence-corrected chi connectivity index (χ0v) is 24.4. The molecule has 5 nitrogen and oxygen atoms in total. The van der Waals surface area contributed by atoms with Crippen molar-refractivity contribution in [2.75, 3.05) is 0 Å². The first-order chi connectivity index (χ1) is 18.5. The van der Waals surface area contributed by atoms with E-state index in [1.165, 1.54) is 12.1 Å². The first kappa shape index (κ1) is 28.8. The zero-order chi connectivity index (χ0) is 28.2. The summed E-state index contributed by atoms with van der Waals surface area (Å²) in [6, 6.07) is 21.8. The number of halogens is 2. The Hall–Kier alpha value is -3.19. The summed E-state index contributed by atoms with van der Waals surface area (Å²) in [5, 5.41) is 6.28. The summed E-state index contributed by atoms with van der Waals surface area (Å²) in [4.78, 5) is 26.4. The Kier molecular flexibility index (Phi) is 9.11. The maximum atomic E-state index is 13.9. The molecule has 3 aromatic carbocycles. The quantitative estimate of drug-likeness (QED) is 0.309. The van der Waals surface area contributed by atoms with Crippen LogP contribution in [0.3, 0.4) is 0 Å². The third-order valence-electron chi connectivity index (χ3n) is 7.11. The van der Waals surface area contributed by atoms with Crippen LogP contribution in [-0.2, 0) is 9.53 Å². The molecule has 1 unspecified atom stereocenters. The van der Waals surface area contributed by atoms with E-state index in [4.69, 9.17) is 4.74 Å². The second-order valence-corrected chi connectivity index (χ2v) is 12.2. The third-order valence-corrected chi connectivity index (χ3v) is 7.64. The summed E-state index contributed by atoms with van der Waals surface area (Å²) < 4.78 is 20.2. The number of alkyl carbamates (subject to hydrolysis) is 1. The van der Waals surface area contributed by atoms with E-state index in [0.717, 1.165) is 26.7 Å². The molecule has 0 heterocycles. The summed E-state index contributed by atoms with van der Waals surface area (Å²) in [5.41, 5.74) is 3.32. The van der Waals surface area contributed by atoms with Gasteiger partial charge in [-0.2, -0.15) is 0 Å². The van der Waals surface area contributed by atoms with E-state index in [1.807, 2.05) is 76.2 Å². The van der Waals surface area contributed by atoms with Crippen molar-refractivity contribution in [3.63, 3.8) is 0 Å². The van der Waals surface area contributed by atoms with Gasteiger partial charge < -0.3 is 15.4 Å². The number of hydrogen-bond acceptors (Lipinski definition) is 3. The van der Waals surface area contributed by atoms with Crippen molar-refractivity contribution in [3.8, 4) is 0 Å². The molecule has 0 aromatic heterocycles. The summed E-state index contributed by atoms with van der Waals surface area (Å²) in [5.74, 6) is -0.776. The van der Waals surface area contributed by atoms with Crippen LogP contribution < -0.4 is 10.6 Å². The molecule has 1 fully saturated rings. The molecular weight excluding hydrogens is 559 g/mol. The van der Waals surface area contributed by atoms with E-state index in [2.05, 4.69) is 26.6 Å². The van der Waals surface area contributed by atoms with Crippen LogP contribution in [0.1, 0.15) is 74.2 Å². The van der Waals surface area contributed by atoms with Crippen LogP contribution >= 0.6 is 15.9 Å². The molecule has 4 atom stereocenters. The number of amides is 2. The van der Waals surface area contributed by atoms with Gasteiger partial charge in [0.2, 0.25) is 5.91 Å². The number of hydrogen-bond donors (Lipinski definition) is 2. The smallest absolute Gasteiger partial charge is 0.407 e. The first-order valence-electron chi connectivity index (χ1n) is 13.4. The molecule has 206 valence electrons. The van der Waals surface area contributed by atoms with Gasteiger partial charge in [-0.1, -0.05) is 70.0 Å². The van der Waals surface area contributed by atoms with Crippen LogP contribution in [0, 0.1) is 18.7 Å². The average molecular weight is 596 g/mol. The lowest BCUT2D eigenvalue weighted by Crippen LogP contribution is -2.46. The lowest BCUT2D eigenvalue weighted by Gasteiger charge is -2.37. The summed E-state index contributed by atoms with van der Waals surface area (Å²) in [6.07, 6.45) is 1.44. The number of carbonyl (C=O) groups excluding carboxylic acids is 2. The fourth-order valence-corrected chi connectivity index (χ4v) is 5.45. The zero-order valence-electron chi connectivity index (χ0n) is 22.8. The lowest BCUT2D eigenvalue weighted by atomic mass is 9.73. The van der Waals surface area contributed by atoms with Crippen LogP contribution in [0.2, 0.25) is 0 Å². The van der Waals surface area contributed by atoms with Crippen molar-refractivity contribution >= 4 is 27.9 Å². The van der Waals surface area contributed by atoms with E-state index in [1.54, 1.807) is 12.1 Å². The van der Waals surface area contributed by atoms with Gasteiger partial charge in [0.1, 0.15) is 11.4 Å². The van der Waals surface area contributed by atoms with Gasteiger partial charge in [-0.15, -0.1) is 0 Å². The van der Waals surface area contributed by atoms with Crippen LogP contribution in [-0.4, -0.2) is 23.6 Å². The molecule has 0 radical (unpaired) electrons. The lowest BCUT2D eigenvalue weighted by molar-refractivity contribution is -0.127. The van der Waals surface area contributed by atoms with Gasteiger partial charge in [0, 0.05) is 16.4 Å². The van der Waals surface area contributed by atoms with E-state index in [0.29, 0.717) is 19.3 Å². The number of nitrogens with one attached hydrogen (secondary N) is 2. The van der Waals surface area contributed by atoms with Crippen LogP contribution in [0.15, 0.2) is 77.3 Å². The second-order valence-electron chi connectivity index (χ2n) is 11.3. The number of rotatable bonds is 6. The van der Waals surface area contributed by atoms with Gasteiger partial charge in [0.05, 0.1) is 6.04 Å². The van der Waals surface area contributed by atoms with E-state index >= 15 is 0 Å². The number of benzene rings is 3. The molecule has 3 aromatic rings. The number of ether oxygens (including phenoxy) is 1. The molecule has 2 amide bonds. The highest BCUT2D eigenvalue weighted by atomic mass is 79.9. The Morgan fingerprint density at radius 2 is 1.51 bits per heavy atom. The maximum absolute atomic E-state index is 13.9. The molecule has 0 spiro atoms. The van der Waals surface area contributed by atoms with Crippen molar-refractivity contribution in [1.29, 1.82) is 0 Å². The molecule has 2 N–H and O–H groups in total. The molecule has 1 aliphatic rings. The topological polar surface area (TPSA) is 67.4 Å². The first-order valence-corrected chi connectivity index (χ1v) is 14.1. The SMILES string of the molecule is Cc1ccc(C(NC(=O)[C@@H]2CC[C@@H](NC(=O)OC(C)(C)C)C[C@H]2c2ccc(Br)cc2)c2ccc(F)cc2)cc1. The van der Waals surface area contributed by atoms with Crippen molar-refractivity contribution in [2.24, 2.45) is 5.92 Å². The molecule has 0 saturated heterocycles. The largest absolute Gasteiger partial charge is 0.444 e. The molecule has 4 rings (SSSR count). The number of carbonyl (C=O) groups is 2. The summed E-state index contributed by atoms with van der Waals surface area (Å²) in [6.45, 7) is 7.53. The third kappa shape index (κ3) is 7.91. The number of aryl methyl sites for hydroxylation is 1. The monoisotopic (exact) mass is 594 g/mol. The van der Waals surface area contributed by atoms with Crippen molar-refractivity contribution in [3.05, 3.63) is 105 Å². The Balaban J connectivity index is 1.58. The predicted molar refractivity (Wildman–Crippen MR) is 155 cm³/mol. The average Bonchev–Trinajstić information content (AvgIpc) is 2.88. The minimum atomic E-state index is -0.586. The Morgan fingerprint density at radius 3 is 2.10 bits per heavy atom. The van der Waals surface area contributed by atoms with Crippen LogP contribution in [0.25, 0.3) is 0 Å². The minimum Gasteiger partial charge on any atom is -0.444 e. The molecule has 0 bridgehead atoms.